The summed E-state index contributed by atoms with van der Waals surface area (Å²) in [6.07, 6.45) is 0. The summed E-state index contributed by atoms with van der Waals surface area (Å²) in [6.45, 7) is 3.06. The van der Waals surface area contributed by atoms with E-state index in [1.807, 2.05) is 53.4 Å². The van der Waals surface area contributed by atoms with Crippen molar-refractivity contribution in [3.63, 3.8) is 0 Å². The van der Waals surface area contributed by atoms with Gasteiger partial charge >= 0.3 is 0 Å². The van der Waals surface area contributed by atoms with Gasteiger partial charge in [-0.3, -0.25) is 9.89 Å². The van der Waals surface area contributed by atoms with Crippen molar-refractivity contribution in [1.82, 2.24) is 15.1 Å². The number of H-pyrrole nitrogens is 1. The Hall–Kier alpha value is -3.28. The number of methoxy groups -OCH3 is 1. The SMILES string of the molecule is COc1ccc(-c2cc(C(=O)N3CCN(c4ccccc4)CC3)[nH]n2)cc1. The number of para-hydroxylation sites is 1. The highest BCUT2D eigenvalue weighted by Gasteiger charge is 2.23. The summed E-state index contributed by atoms with van der Waals surface area (Å²) in [6, 6.07) is 19.7. The molecule has 0 unspecified atom stereocenters. The maximum Gasteiger partial charge on any atom is 0.272 e. The zero-order chi connectivity index (χ0) is 18.6. The summed E-state index contributed by atoms with van der Waals surface area (Å²) in [7, 11) is 1.64. The molecule has 2 heterocycles. The van der Waals surface area contributed by atoms with Crippen molar-refractivity contribution < 1.29 is 9.53 Å². The van der Waals surface area contributed by atoms with Crippen molar-refractivity contribution in [2.24, 2.45) is 0 Å². The van der Waals surface area contributed by atoms with Crippen molar-refractivity contribution in [2.75, 3.05) is 38.2 Å². The van der Waals surface area contributed by atoms with Crippen LogP contribution in [0, 0.1) is 0 Å². The number of hydrogen-bond acceptors (Lipinski definition) is 4. The fourth-order valence-corrected chi connectivity index (χ4v) is 3.32. The van der Waals surface area contributed by atoms with Crippen LogP contribution in [-0.4, -0.2) is 54.3 Å². The predicted molar refractivity (Wildman–Crippen MR) is 105 cm³/mol. The summed E-state index contributed by atoms with van der Waals surface area (Å²) in [5.41, 5.74) is 3.42. The first-order valence-electron chi connectivity index (χ1n) is 9.04. The van der Waals surface area contributed by atoms with Gasteiger partial charge in [0.1, 0.15) is 11.4 Å². The van der Waals surface area contributed by atoms with Gasteiger partial charge in [-0.2, -0.15) is 5.10 Å². The van der Waals surface area contributed by atoms with Crippen LogP contribution in [0.4, 0.5) is 5.69 Å². The first-order chi connectivity index (χ1) is 13.2. The van der Waals surface area contributed by atoms with E-state index in [4.69, 9.17) is 4.74 Å². The summed E-state index contributed by atoms with van der Waals surface area (Å²) < 4.78 is 5.18. The van der Waals surface area contributed by atoms with Crippen molar-refractivity contribution in [3.05, 3.63) is 66.4 Å². The third kappa shape index (κ3) is 3.65. The van der Waals surface area contributed by atoms with E-state index >= 15 is 0 Å². The van der Waals surface area contributed by atoms with Crippen molar-refractivity contribution in [3.8, 4) is 17.0 Å². The molecule has 0 aliphatic carbocycles. The second-order valence-corrected chi connectivity index (χ2v) is 6.51. The lowest BCUT2D eigenvalue weighted by molar-refractivity contribution is 0.0741. The molecule has 2 aromatic carbocycles. The first kappa shape index (κ1) is 17.1. The van der Waals surface area contributed by atoms with E-state index < -0.39 is 0 Å². The van der Waals surface area contributed by atoms with Crippen LogP contribution in [0.2, 0.25) is 0 Å². The topological polar surface area (TPSA) is 61.5 Å². The van der Waals surface area contributed by atoms with Gasteiger partial charge in [0.05, 0.1) is 12.8 Å². The van der Waals surface area contributed by atoms with E-state index in [0.29, 0.717) is 18.8 Å². The highest BCUT2D eigenvalue weighted by Crippen LogP contribution is 2.22. The number of aromatic nitrogens is 2. The van der Waals surface area contributed by atoms with Crippen molar-refractivity contribution in [1.29, 1.82) is 0 Å². The van der Waals surface area contributed by atoms with Crippen LogP contribution >= 0.6 is 0 Å². The molecular formula is C21H22N4O2. The Labute approximate surface area is 158 Å². The Morgan fingerprint density at radius 2 is 1.70 bits per heavy atom. The van der Waals surface area contributed by atoms with E-state index in [-0.39, 0.29) is 5.91 Å². The highest BCUT2D eigenvalue weighted by atomic mass is 16.5. The zero-order valence-corrected chi connectivity index (χ0v) is 15.3. The maximum atomic E-state index is 12.8. The molecule has 1 amide bonds. The lowest BCUT2D eigenvalue weighted by Crippen LogP contribution is -2.48. The quantitative estimate of drug-likeness (QED) is 0.775. The number of amides is 1. The summed E-state index contributed by atoms with van der Waals surface area (Å²) in [5.74, 6) is 0.789. The Morgan fingerprint density at radius 3 is 2.37 bits per heavy atom. The second-order valence-electron chi connectivity index (χ2n) is 6.51. The van der Waals surface area contributed by atoms with Gasteiger partial charge < -0.3 is 14.5 Å². The number of aromatic amines is 1. The molecular weight excluding hydrogens is 340 g/mol. The molecule has 1 aliphatic rings. The van der Waals surface area contributed by atoms with Crippen LogP contribution in [0.15, 0.2) is 60.7 Å². The van der Waals surface area contributed by atoms with Gasteiger partial charge in [0.15, 0.2) is 0 Å². The lowest BCUT2D eigenvalue weighted by atomic mass is 10.1. The number of nitrogens with zero attached hydrogens (tertiary/aromatic N) is 3. The number of carbonyl (C=O) groups is 1. The highest BCUT2D eigenvalue weighted by molar-refractivity contribution is 5.93. The fraction of sp³-hybridized carbons (Fsp3) is 0.238. The molecule has 6 heteroatoms. The molecule has 27 heavy (non-hydrogen) atoms. The zero-order valence-electron chi connectivity index (χ0n) is 15.3. The monoisotopic (exact) mass is 362 g/mol. The van der Waals surface area contributed by atoms with Gasteiger partial charge in [0.2, 0.25) is 0 Å². The molecule has 0 saturated carbocycles. The summed E-state index contributed by atoms with van der Waals surface area (Å²) in [4.78, 5) is 17.0. The number of nitrogens with one attached hydrogen (secondary N) is 1. The molecule has 0 spiro atoms. The third-order valence-corrected chi connectivity index (χ3v) is 4.88. The molecule has 1 fully saturated rings. The smallest absolute Gasteiger partial charge is 0.272 e. The normalized spacial score (nSPS) is 14.3. The van der Waals surface area contributed by atoms with E-state index in [1.165, 1.54) is 5.69 Å². The molecule has 1 N–H and O–H groups in total. The van der Waals surface area contributed by atoms with Crippen LogP contribution in [0.25, 0.3) is 11.3 Å². The van der Waals surface area contributed by atoms with Crippen LogP contribution in [0.5, 0.6) is 5.75 Å². The number of rotatable bonds is 4. The van der Waals surface area contributed by atoms with Crippen molar-refractivity contribution >= 4 is 11.6 Å². The molecule has 0 atom stereocenters. The molecule has 1 saturated heterocycles. The second kappa shape index (κ2) is 7.53. The molecule has 3 aromatic rings. The molecule has 0 radical (unpaired) electrons. The maximum absolute atomic E-state index is 12.8. The molecule has 0 bridgehead atoms. The van der Waals surface area contributed by atoms with E-state index in [9.17, 15) is 4.79 Å². The Bertz CT molecular complexity index is 897. The minimum Gasteiger partial charge on any atom is -0.497 e. The third-order valence-electron chi connectivity index (χ3n) is 4.88. The lowest BCUT2D eigenvalue weighted by Gasteiger charge is -2.35. The van der Waals surface area contributed by atoms with Gasteiger partial charge in [-0.05, 0) is 42.5 Å². The van der Waals surface area contributed by atoms with Gasteiger partial charge in [0.25, 0.3) is 5.91 Å². The van der Waals surface area contributed by atoms with Crippen molar-refractivity contribution in [2.45, 2.75) is 0 Å². The largest absolute Gasteiger partial charge is 0.497 e. The molecule has 1 aromatic heterocycles. The van der Waals surface area contributed by atoms with Crippen LogP contribution in [-0.2, 0) is 0 Å². The average Bonchev–Trinajstić information content (AvgIpc) is 3.24. The van der Waals surface area contributed by atoms with Crippen LogP contribution in [0.1, 0.15) is 10.5 Å². The average molecular weight is 362 g/mol. The van der Waals surface area contributed by atoms with Gasteiger partial charge in [0, 0.05) is 37.4 Å². The van der Waals surface area contributed by atoms with Crippen LogP contribution in [0.3, 0.4) is 0 Å². The number of hydrogen-bond donors (Lipinski definition) is 1. The van der Waals surface area contributed by atoms with Gasteiger partial charge in [-0.25, -0.2) is 0 Å². The van der Waals surface area contributed by atoms with Gasteiger partial charge in [-0.1, -0.05) is 18.2 Å². The van der Waals surface area contributed by atoms with Crippen LogP contribution < -0.4 is 9.64 Å². The molecule has 138 valence electrons. The number of anilines is 1. The first-order valence-corrected chi connectivity index (χ1v) is 9.04. The summed E-state index contributed by atoms with van der Waals surface area (Å²) in [5, 5.41) is 7.18. The minimum atomic E-state index is -0.00465. The molecule has 4 rings (SSSR count). The van der Waals surface area contributed by atoms with E-state index in [0.717, 1.165) is 30.1 Å². The molecule has 1 aliphatic heterocycles. The number of benzene rings is 2. The van der Waals surface area contributed by atoms with E-state index in [1.54, 1.807) is 7.11 Å². The Balaban J connectivity index is 1.41. The van der Waals surface area contributed by atoms with E-state index in [2.05, 4.69) is 27.2 Å². The number of ether oxygens (including phenoxy) is 1. The van der Waals surface area contributed by atoms with Gasteiger partial charge in [-0.15, -0.1) is 0 Å². The Morgan fingerprint density at radius 1 is 1.00 bits per heavy atom. The standard InChI is InChI=1S/C21H22N4O2/c1-27-18-9-7-16(8-10-18)19-15-20(23-22-19)21(26)25-13-11-24(12-14-25)17-5-3-2-4-6-17/h2-10,15H,11-14H2,1H3,(H,22,23). The fourth-order valence-electron chi connectivity index (χ4n) is 3.32. The molecule has 6 nitrogen and oxygen atoms in total. The predicted octanol–water partition coefficient (Wildman–Crippen LogP) is 3.05. The summed E-state index contributed by atoms with van der Waals surface area (Å²) >= 11 is 0. The number of piperazine rings is 1. The number of carbonyl (C=O) groups excluding carboxylic acids is 1. The minimum absolute atomic E-state index is 0.00465. The Kier molecular flexibility index (Phi) is 4.78.